The molecule has 0 fully saturated rings. The van der Waals surface area contributed by atoms with Crippen molar-refractivity contribution in [2.45, 2.75) is 88.4 Å². The zero-order valence-electron chi connectivity index (χ0n) is 36.8. The van der Waals surface area contributed by atoms with E-state index in [1.165, 1.54) is 0 Å². The van der Waals surface area contributed by atoms with Crippen molar-refractivity contribution in [1.29, 1.82) is 5.41 Å². The highest BCUT2D eigenvalue weighted by molar-refractivity contribution is 9.10. The van der Waals surface area contributed by atoms with Crippen molar-refractivity contribution in [2.75, 3.05) is 18.4 Å². The Morgan fingerprint density at radius 3 is 2.45 bits per heavy atom. The molecule has 1 aliphatic heterocycles. The van der Waals surface area contributed by atoms with Gasteiger partial charge in [0.15, 0.2) is 5.96 Å². The van der Waals surface area contributed by atoms with Gasteiger partial charge >= 0.3 is 6.03 Å². The van der Waals surface area contributed by atoms with Gasteiger partial charge in [-0.05, 0) is 83.7 Å². The van der Waals surface area contributed by atoms with Crippen molar-refractivity contribution in [3.63, 3.8) is 0 Å². The molecule has 17 heteroatoms. The number of unbranched alkanes of at least 4 members (excludes halogenated alkanes) is 1. The van der Waals surface area contributed by atoms with Crippen LogP contribution < -0.4 is 43.4 Å². The lowest BCUT2D eigenvalue weighted by Gasteiger charge is -2.39. The molecule has 344 valence electrons. The average Bonchev–Trinajstić information content (AvgIpc) is 3.67. The number of fused-ring (bicyclic) bond motifs is 7. The van der Waals surface area contributed by atoms with Crippen LogP contribution in [0, 0.1) is 5.41 Å². The number of amides is 6. The Kier molecular flexibility index (Phi) is 15.6. The second-order valence-corrected chi connectivity index (χ2v) is 19.6. The lowest BCUT2D eigenvalue weighted by atomic mass is 9.77. The molecule has 2 unspecified atom stereocenters. The molecule has 15 nitrogen and oxygen atoms in total. The summed E-state index contributed by atoms with van der Waals surface area (Å²) >= 11 is 3.64. The van der Waals surface area contributed by atoms with Crippen molar-refractivity contribution >= 4 is 80.7 Å². The first-order valence-electron chi connectivity index (χ1n) is 22.3. The molecule has 0 spiro atoms. The van der Waals surface area contributed by atoms with E-state index < -0.39 is 60.9 Å². The molecule has 0 saturated heterocycles. The van der Waals surface area contributed by atoms with Gasteiger partial charge in [0.25, 0.3) is 0 Å². The fourth-order valence-corrected chi connectivity index (χ4v) is 11.5. The van der Waals surface area contributed by atoms with Crippen molar-refractivity contribution in [3.8, 4) is 0 Å². The average molecular weight is 976 g/mol. The molecule has 2 bridgehead atoms. The van der Waals surface area contributed by atoms with E-state index in [1.807, 2.05) is 97.7 Å². The Balaban J connectivity index is 1.18. The monoisotopic (exact) mass is 974 g/mol. The van der Waals surface area contributed by atoms with Crippen LogP contribution in [0.4, 0.5) is 10.5 Å². The number of carbonyl (C=O) groups excluding carboxylic acids is 5. The number of hydrogen-bond acceptors (Lipinski definition) is 7. The number of nitrogens with one attached hydrogen (secondary N) is 7. The lowest BCUT2D eigenvalue weighted by Crippen LogP contribution is -2.66. The number of halogens is 1. The Labute approximate surface area is 393 Å². The minimum absolute atomic E-state index is 0.0671. The maximum atomic E-state index is 14.8. The molecule has 6 amide bonds. The third-order valence-corrected chi connectivity index (χ3v) is 15.1. The third-order valence-electron chi connectivity index (χ3n) is 12.1. The third kappa shape index (κ3) is 11.3. The van der Waals surface area contributed by atoms with Gasteiger partial charge in [-0.3, -0.25) is 29.6 Å². The van der Waals surface area contributed by atoms with E-state index in [2.05, 4.69) is 52.8 Å². The minimum atomic E-state index is -1.41. The first kappa shape index (κ1) is 47.5. The molecule has 0 radical (unpaired) electrons. The van der Waals surface area contributed by atoms with Crippen molar-refractivity contribution in [3.05, 3.63) is 135 Å². The molecule has 7 rings (SSSR count). The van der Waals surface area contributed by atoms with E-state index in [1.54, 1.807) is 12.1 Å². The molecule has 5 aromatic rings. The molecule has 1 aliphatic carbocycles. The number of benzene rings is 4. The van der Waals surface area contributed by atoms with Gasteiger partial charge in [0.2, 0.25) is 23.6 Å². The van der Waals surface area contributed by atoms with Crippen LogP contribution in [-0.2, 0) is 44.9 Å². The summed E-state index contributed by atoms with van der Waals surface area (Å²) in [4.78, 5) is 75.9. The maximum absolute atomic E-state index is 14.8. The summed E-state index contributed by atoms with van der Waals surface area (Å²) < 4.78 is 0.912. The standard InChI is InChI=1S/C49H56BrN10O5P/c1-2-3-24-55-48(65)60-49(23-22-33-31(28-49)15-11-18-36(33)50)46(64)59-39(26-30-13-5-4-6-14-30)44(62)57-38(20-12-25-54-47(52)53)43(61)58-40-27-32-29-66(41-21-10-8-16-34(32)41)42(51)35-17-7-9-19-37(35)56-45(40)63/h4-11,13-19,21,29,38-40,51H,2-3,12,20,22-28H2,1H3,(H,56,63)(H,57,62)(H,58,61)(H,59,64)(H4,52,53,54)(H2,55,60,65)/t38-,39+,40-,49?,66?/m0/s1. The smallest absolute Gasteiger partial charge is 0.315 e. The maximum Gasteiger partial charge on any atom is 0.315 e. The summed E-state index contributed by atoms with van der Waals surface area (Å²) in [5, 5.41) is 28.8. The first-order chi connectivity index (χ1) is 31.9. The zero-order valence-corrected chi connectivity index (χ0v) is 39.3. The topological polar surface area (TPSA) is 246 Å². The van der Waals surface area contributed by atoms with Crippen LogP contribution in [0.15, 0.2) is 112 Å². The van der Waals surface area contributed by atoms with Gasteiger partial charge < -0.3 is 43.4 Å². The number of urea groups is 1. The summed E-state index contributed by atoms with van der Waals surface area (Å²) in [6, 6.07) is 26.0. The van der Waals surface area contributed by atoms with Crippen LogP contribution in [0.1, 0.15) is 66.8 Å². The second kappa shape index (κ2) is 21.7. The summed E-state index contributed by atoms with van der Waals surface area (Å²) in [6.45, 7) is 2.62. The van der Waals surface area contributed by atoms with E-state index in [4.69, 9.17) is 11.5 Å². The van der Waals surface area contributed by atoms with E-state index in [-0.39, 0.29) is 51.0 Å². The number of para-hydroxylation sites is 1. The van der Waals surface area contributed by atoms with Crippen LogP contribution >= 0.6 is 23.5 Å². The van der Waals surface area contributed by atoms with Crippen molar-refractivity contribution < 1.29 is 24.0 Å². The number of nitrogens with zero attached hydrogens (tertiary/aromatic N) is 1. The van der Waals surface area contributed by atoms with Gasteiger partial charge in [0, 0.05) is 47.5 Å². The Morgan fingerprint density at radius 2 is 1.67 bits per heavy atom. The summed E-state index contributed by atoms with van der Waals surface area (Å²) in [7, 11) is -1.19. The van der Waals surface area contributed by atoms with E-state index in [0.717, 1.165) is 50.1 Å². The number of hydrogen-bond donors (Lipinski definition) is 9. The van der Waals surface area contributed by atoms with E-state index in [9.17, 15) is 29.4 Å². The molecular formula is C49H56BrN10O5P. The van der Waals surface area contributed by atoms with Gasteiger partial charge in [-0.25, -0.2) is 4.79 Å². The molecule has 2 heterocycles. The predicted molar refractivity (Wildman–Crippen MR) is 264 cm³/mol. The molecule has 4 aromatic carbocycles. The van der Waals surface area contributed by atoms with Gasteiger partial charge in [-0.1, -0.05) is 116 Å². The molecule has 66 heavy (non-hydrogen) atoms. The van der Waals surface area contributed by atoms with Gasteiger partial charge in [-0.15, -0.1) is 0 Å². The number of carbonyl (C=O) groups is 5. The highest BCUT2D eigenvalue weighted by atomic mass is 79.9. The van der Waals surface area contributed by atoms with Crippen LogP contribution in [0.5, 0.6) is 0 Å². The van der Waals surface area contributed by atoms with Crippen molar-refractivity contribution in [2.24, 2.45) is 16.5 Å². The Morgan fingerprint density at radius 1 is 0.909 bits per heavy atom. The number of anilines is 1. The number of nitrogens with two attached hydrogens (primary N) is 2. The van der Waals surface area contributed by atoms with E-state index >= 15 is 0 Å². The highest BCUT2D eigenvalue weighted by Crippen LogP contribution is 2.46. The van der Waals surface area contributed by atoms with Crippen LogP contribution in [-0.4, -0.2) is 77.8 Å². The summed E-state index contributed by atoms with van der Waals surface area (Å²) in [5.41, 5.74) is 14.8. The lowest BCUT2D eigenvalue weighted by molar-refractivity contribution is -0.135. The number of guanidine groups is 1. The molecule has 11 N–H and O–H groups in total. The SMILES string of the molecule is CCCCNC(=O)NC1(C(=O)N[C@H](Cc2ccccc2)C(=O)N[C@@H](CCCN=C(N)N)C(=O)N[C@H]2Cc3cp(c4ccccc34)C(=N)c3ccccc3NC2=O)CCc2c(Br)cccc2C1. The molecular weight excluding hydrogens is 919 g/mol. The number of rotatable bonds is 16. The molecule has 5 atom stereocenters. The quantitative estimate of drug-likeness (QED) is 0.0337. The highest BCUT2D eigenvalue weighted by Gasteiger charge is 2.45. The van der Waals surface area contributed by atoms with Gasteiger partial charge in [0.05, 0.1) is 11.1 Å². The summed E-state index contributed by atoms with van der Waals surface area (Å²) in [5.74, 6) is -0.375. The first-order valence-corrected chi connectivity index (χ1v) is 24.5. The second-order valence-electron chi connectivity index (χ2n) is 16.8. The predicted octanol–water partition coefficient (Wildman–Crippen LogP) is 5.73. The van der Waals surface area contributed by atoms with E-state index in [0.29, 0.717) is 29.7 Å². The Hall–Kier alpha value is -6.51. The fourth-order valence-electron chi connectivity index (χ4n) is 8.65. The largest absolute Gasteiger partial charge is 0.370 e. The van der Waals surface area contributed by atoms with Gasteiger partial charge in [0.1, 0.15) is 23.7 Å². The molecule has 1 aromatic heterocycles. The number of aliphatic imine (C=N–C) groups is 1. The minimum Gasteiger partial charge on any atom is -0.370 e. The molecule has 0 saturated carbocycles. The van der Waals surface area contributed by atoms with Crippen LogP contribution in [0.3, 0.4) is 0 Å². The van der Waals surface area contributed by atoms with Crippen LogP contribution in [0.2, 0.25) is 0 Å². The fraction of sp³-hybridized carbons (Fsp3) is 0.327. The van der Waals surface area contributed by atoms with Gasteiger partial charge in [-0.2, -0.15) is 0 Å². The van der Waals surface area contributed by atoms with Crippen LogP contribution in [0.25, 0.3) is 10.5 Å². The Bertz CT molecular complexity index is 2650. The summed E-state index contributed by atoms with van der Waals surface area (Å²) in [6.07, 6.45) is 3.14. The van der Waals surface area contributed by atoms with Crippen molar-refractivity contribution in [1.82, 2.24) is 26.6 Å². The zero-order chi connectivity index (χ0) is 46.8. The normalized spacial score (nSPS) is 17.7. The molecule has 2 aliphatic rings.